The summed E-state index contributed by atoms with van der Waals surface area (Å²) in [6.45, 7) is 6.00. The average molecular weight is 417 g/mol. The molecule has 0 fully saturated rings. The second-order valence-corrected chi connectivity index (χ2v) is 7.35. The summed E-state index contributed by atoms with van der Waals surface area (Å²) in [6.07, 6.45) is 5.90. The van der Waals surface area contributed by atoms with Crippen LogP contribution in [0.4, 0.5) is 22.9 Å². The van der Waals surface area contributed by atoms with E-state index in [1.165, 1.54) is 11.6 Å². The molecule has 2 aromatic carbocycles. The number of carbonyl (C=O) groups excluding carboxylic acids is 1. The number of pyridine rings is 1. The molecule has 0 spiro atoms. The van der Waals surface area contributed by atoms with E-state index in [1.807, 2.05) is 38.1 Å². The van der Waals surface area contributed by atoms with E-state index in [-0.39, 0.29) is 12.0 Å². The Labute approximate surface area is 183 Å². The molecule has 31 heavy (non-hydrogen) atoms. The third-order valence-corrected chi connectivity index (χ3v) is 4.53. The normalized spacial score (nSPS) is 11.0. The molecule has 6 heteroatoms. The Balaban J connectivity index is 1.71. The Morgan fingerprint density at radius 1 is 1.16 bits per heavy atom. The molecule has 0 atom stereocenters. The van der Waals surface area contributed by atoms with Crippen LogP contribution >= 0.6 is 0 Å². The number of benzene rings is 2. The molecule has 0 aliphatic carbocycles. The monoisotopic (exact) mass is 416 g/mol. The molecule has 0 unspecified atom stereocenters. The first-order chi connectivity index (χ1) is 14.9. The maximum atomic E-state index is 12.5. The zero-order chi connectivity index (χ0) is 22.2. The molecular formula is C25H28N4O2. The summed E-state index contributed by atoms with van der Waals surface area (Å²) in [5.74, 6) is 1.02. The number of nitrogen functional groups attached to an aromatic ring is 1. The van der Waals surface area contributed by atoms with Crippen LogP contribution in [0.5, 0.6) is 5.75 Å². The highest BCUT2D eigenvalue weighted by Crippen LogP contribution is 2.26. The lowest BCUT2D eigenvalue weighted by atomic mass is 10.1. The molecule has 0 aliphatic heterocycles. The van der Waals surface area contributed by atoms with Crippen LogP contribution in [0, 0.1) is 0 Å². The summed E-state index contributed by atoms with van der Waals surface area (Å²) in [7, 11) is 0. The number of ether oxygens (including phenoxy) is 1. The minimum absolute atomic E-state index is 0.0294. The Hall–Kier alpha value is -3.80. The van der Waals surface area contributed by atoms with Gasteiger partial charge in [-0.1, -0.05) is 19.1 Å². The van der Waals surface area contributed by atoms with Gasteiger partial charge in [-0.25, -0.2) is 4.98 Å². The number of aromatic nitrogens is 1. The molecule has 1 heterocycles. The van der Waals surface area contributed by atoms with Crippen LogP contribution in [-0.4, -0.2) is 17.0 Å². The molecule has 3 aromatic rings. The summed E-state index contributed by atoms with van der Waals surface area (Å²) in [4.78, 5) is 16.9. The highest BCUT2D eigenvalue weighted by molar-refractivity contribution is 6.04. The number of carbonyl (C=O) groups is 1. The van der Waals surface area contributed by atoms with Crippen LogP contribution in [0.3, 0.4) is 0 Å². The molecule has 1 amide bonds. The van der Waals surface area contributed by atoms with E-state index in [4.69, 9.17) is 10.5 Å². The molecule has 3 rings (SSSR count). The Morgan fingerprint density at radius 3 is 2.65 bits per heavy atom. The third kappa shape index (κ3) is 6.34. The number of hydrogen-bond acceptors (Lipinski definition) is 5. The number of nitrogens with one attached hydrogen (secondary N) is 2. The smallest absolute Gasteiger partial charge is 0.248 e. The molecule has 160 valence electrons. The van der Waals surface area contributed by atoms with Gasteiger partial charge in [0.15, 0.2) is 0 Å². The van der Waals surface area contributed by atoms with Crippen molar-refractivity contribution in [3.05, 3.63) is 78.0 Å². The highest BCUT2D eigenvalue weighted by atomic mass is 16.5. The standard InChI is InChI=1S/C25H28N4O2/c1-4-18-7-10-20(11-8-18)28-25-19(6-5-15-27-25)9-14-24(30)29-23-16-21(31-17(2)3)12-13-22(23)26/h5-17H,4,26H2,1-3H3,(H,27,28)(H,29,30)/b14-9+. The summed E-state index contributed by atoms with van der Waals surface area (Å²) in [5.41, 5.74) is 9.97. The molecular weight excluding hydrogens is 388 g/mol. The molecule has 0 saturated carbocycles. The minimum Gasteiger partial charge on any atom is -0.491 e. The van der Waals surface area contributed by atoms with Gasteiger partial charge < -0.3 is 21.1 Å². The van der Waals surface area contributed by atoms with Crippen molar-refractivity contribution in [1.29, 1.82) is 0 Å². The predicted molar refractivity (Wildman–Crippen MR) is 128 cm³/mol. The van der Waals surface area contributed by atoms with Gasteiger partial charge in [-0.2, -0.15) is 0 Å². The van der Waals surface area contributed by atoms with Gasteiger partial charge in [0.25, 0.3) is 0 Å². The fourth-order valence-electron chi connectivity index (χ4n) is 2.95. The van der Waals surface area contributed by atoms with E-state index >= 15 is 0 Å². The average Bonchev–Trinajstić information content (AvgIpc) is 2.75. The number of rotatable bonds is 8. The first kappa shape index (κ1) is 21.9. The fraction of sp³-hybridized carbons (Fsp3) is 0.200. The third-order valence-electron chi connectivity index (χ3n) is 4.53. The number of amides is 1. The van der Waals surface area contributed by atoms with Crippen molar-refractivity contribution in [3.63, 3.8) is 0 Å². The minimum atomic E-state index is -0.296. The van der Waals surface area contributed by atoms with Crippen molar-refractivity contribution in [2.45, 2.75) is 33.3 Å². The van der Waals surface area contributed by atoms with Crippen molar-refractivity contribution in [3.8, 4) is 5.75 Å². The van der Waals surface area contributed by atoms with Crippen LogP contribution in [0.2, 0.25) is 0 Å². The number of anilines is 4. The number of hydrogen-bond donors (Lipinski definition) is 3. The van der Waals surface area contributed by atoms with Crippen LogP contribution in [0.25, 0.3) is 6.08 Å². The van der Waals surface area contributed by atoms with Crippen LogP contribution in [0.15, 0.2) is 66.9 Å². The van der Waals surface area contributed by atoms with Gasteiger partial charge in [-0.3, -0.25) is 4.79 Å². The number of nitrogens with zero attached hydrogens (tertiary/aromatic N) is 1. The zero-order valence-electron chi connectivity index (χ0n) is 18.1. The molecule has 0 bridgehead atoms. The van der Waals surface area contributed by atoms with Crippen molar-refractivity contribution in [2.24, 2.45) is 0 Å². The second kappa shape index (κ2) is 10.3. The maximum Gasteiger partial charge on any atom is 0.248 e. The Morgan fingerprint density at radius 2 is 1.94 bits per heavy atom. The lowest BCUT2D eigenvalue weighted by Gasteiger charge is -2.13. The quantitative estimate of drug-likeness (QED) is 0.337. The van der Waals surface area contributed by atoms with E-state index in [1.54, 1.807) is 30.5 Å². The van der Waals surface area contributed by atoms with Gasteiger partial charge in [0.1, 0.15) is 11.6 Å². The number of aryl methyl sites for hydroxylation is 1. The van der Waals surface area contributed by atoms with Crippen LogP contribution in [-0.2, 0) is 11.2 Å². The van der Waals surface area contributed by atoms with Crippen molar-refractivity contribution in [1.82, 2.24) is 4.98 Å². The highest BCUT2D eigenvalue weighted by Gasteiger charge is 2.07. The van der Waals surface area contributed by atoms with Crippen molar-refractivity contribution >= 4 is 34.9 Å². The molecule has 0 radical (unpaired) electrons. The van der Waals surface area contributed by atoms with E-state index in [2.05, 4.69) is 34.7 Å². The van der Waals surface area contributed by atoms with Gasteiger partial charge in [0.05, 0.1) is 17.5 Å². The van der Waals surface area contributed by atoms with Crippen LogP contribution < -0.4 is 21.1 Å². The summed E-state index contributed by atoms with van der Waals surface area (Å²) >= 11 is 0. The first-order valence-corrected chi connectivity index (χ1v) is 10.3. The van der Waals surface area contributed by atoms with E-state index in [0.29, 0.717) is 22.9 Å². The molecule has 6 nitrogen and oxygen atoms in total. The van der Waals surface area contributed by atoms with E-state index in [0.717, 1.165) is 17.7 Å². The van der Waals surface area contributed by atoms with Gasteiger partial charge in [-0.15, -0.1) is 0 Å². The Kier molecular flexibility index (Phi) is 7.27. The molecule has 4 N–H and O–H groups in total. The first-order valence-electron chi connectivity index (χ1n) is 10.3. The van der Waals surface area contributed by atoms with Gasteiger partial charge >= 0.3 is 0 Å². The lowest BCUT2D eigenvalue weighted by molar-refractivity contribution is -0.111. The van der Waals surface area contributed by atoms with Gasteiger partial charge in [-0.05, 0) is 68.3 Å². The molecule has 0 aliphatic rings. The topological polar surface area (TPSA) is 89.3 Å². The van der Waals surface area contributed by atoms with E-state index < -0.39 is 0 Å². The SMILES string of the molecule is CCc1ccc(Nc2ncccc2/C=C/C(=O)Nc2cc(OC(C)C)ccc2N)cc1. The fourth-order valence-corrected chi connectivity index (χ4v) is 2.95. The second-order valence-electron chi connectivity index (χ2n) is 7.35. The maximum absolute atomic E-state index is 12.5. The molecule has 0 saturated heterocycles. The summed E-state index contributed by atoms with van der Waals surface area (Å²) < 4.78 is 5.67. The summed E-state index contributed by atoms with van der Waals surface area (Å²) in [5, 5.41) is 6.11. The zero-order valence-corrected chi connectivity index (χ0v) is 18.1. The summed E-state index contributed by atoms with van der Waals surface area (Å²) in [6, 6.07) is 17.1. The number of nitrogens with two attached hydrogens (primary N) is 1. The van der Waals surface area contributed by atoms with E-state index in [9.17, 15) is 4.79 Å². The van der Waals surface area contributed by atoms with Gasteiger partial charge in [0, 0.05) is 29.6 Å². The van der Waals surface area contributed by atoms with Crippen molar-refractivity contribution < 1.29 is 9.53 Å². The molecule has 1 aromatic heterocycles. The predicted octanol–water partition coefficient (Wildman–Crippen LogP) is 5.41. The Bertz CT molecular complexity index is 1060. The van der Waals surface area contributed by atoms with Crippen molar-refractivity contribution in [2.75, 3.05) is 16.4 Å². The van der Waals surface area contributed by atoms with Gasteiger partial charge in [0.2, 0.25) is 5.91 Å². The largest absolute Gasteiger partial charge is 0.491 e. The van der Waals surface area contributed by atoms with Crippen LogP contribution in [0.1, 0.15) is 31.9 Å². The lowest BCUT2D eigenvalue weighted by Crippen LogP contribution is -2.11.